The first-order valence-corrected chi connectivity index (χ1v) is 13.9. The summed E-state index contributed by atoms with van der Waals surface area (Å²) >= 11 is 0. The molecule has 3 heterocycles. The van der Waals surface area contributed by atoms with Gasteiger partial charge in [-0.05, 0) is 45.7 Å². The first-order valence-electron chi connectivity index (χ1n) is 13.9. The molecular weight excluding hydrogens is 498 g/mol. The number of rotatable bonds is 8. The molecule has 0 spiro atoms. The first-order chi connectivity index (χ1) is 19.2. The summed E-state index contributed by atoms with van der Waals surface area (Å²) in [5.74, 6) is 0.819. The molecule has 0 amide bonds. The van der Waals surface area contributed by atoms with Crippen molar-refractivity contribution >= 4 is 0 Å². The third-order valence-electron chi connectivity index (χ3n) is 7.28. The fourth-order valence-electron chi connectivity index (χ4n) is 5.26. The molecular formula is C32H37N7O. The highest BCUT2D eigenvalue weighted by molar-refractivity contribution is 5.79. The van der Waals surface area contributed by atoms with Crippen LogP contribution < -0.4 is 5.69 Å². The van der Waals surface area contributed by atoms with Crippen molar-refractivity contribution in [1.82, 2.24) is 34.7 Å². The normalized spacial score (nSPS) is 11.9. The van der Waals surface area contributed by atoms with Crippen LogP contribution in [-0.4, -0.2) is 34.7 Å². The maximum absolute atomic E-state index is 14.1. The van der Waals surface area contributed by atoms with Crippen LogP contribution in [0.2, 0.25) is 0 Å². The second kappa shape index (κ2) is 11.0. The smallest absolute Gasteiger partial charge is 0.290 e. The van der Waals surface area contributed by atoms with Crippen molar-refractivity contribution < 1.29 is 0 Å². The Morgan fingerprint density at radius 1 is 0.975 bits per heavy atom. The van der Waals surface area contributed by atoms with Crippen LogP contribution in [-0.2, 0) is 18.4 Å². The molecule has 8 nitrogen and oxygen atoms in total. The SMILES string of the molecule is CCCc1cn(-c2c(C(C)C)cccc2C(C)(C)C)c(=O)n1Cc1ccc(-c2ccccc2-c2nn[nH]n2)cn1. The topological polar surface area (TPSA) is 94.3 Å². The number of para-hydroxylation sites is 1. The Balaban J connectivity index is 1.55. The van der Waals surface area contributed by atoms with E-state index in [2.05, 4.69) is 80.4 Å². The van der Waals surface area contributed by atoms with Crippen LogP contribution in [0.15, 0.2) is 71.8 Å². The van der Waals surface area contributed by atoms with E-state index in [1.54, 1.807) is 0 Å². The van der Waals surface area contributed by atoms with E-state index >= 15 is 0 Å². The highest BCUT2D eigenvalue weighted by Crippen LogP contribution is 2.34. The summed E-state index contributed by atoms with van der Waals surface area (Å²) in [5.41, 5.74) is 7.85. The van der Waals surface area contributed by atoms with Crippen LogP contribution in [0, 0.1) is 0 Å². The standard InChI is InChI=1S/C32H37N7O/c1-7-11-24-20-39(29-25(21(2)3)14-10-15-28(29)32(4,5)6)31(40)38(24)19-23-17-16-22(18-33-23)26-12-8-9-13-27(26)30-34-36-37-35-30/h8-10,12-18,20-21H,7,11,19H2,1-6H3,(H,34,35,36,37). The highest BCUT2D eigenvalue weighted by atomic mass is 16.1. The summed E-state index contributed by atoms with van der Waals surface area (Å²) in [5, 5.41) is 14.5. The molecule has 40 heavy (non-hydrogen) atoms. The molecule has 0 bridgehead atoms. The predicted molar refractivity (Wildman–Crippen MR) is 159 cm³/mol. The van der Waals surface area contributed by atoms with Gasteiger partial charge in [0.15, 0.2) is 0 Å². The van der Waals surface area contributed by atoms with Gasteiger partial charge < -0.3 is 0 Å². The zero-order chi connectivity index (χ0) is 28.4. The summed E-state index contributed by atoms with van der Waals surface area (Å²) in [6.45, 7) is 13.5. The summed E-state index contributed by atoms with van der Waals surface area (Å²) in [4.78, 5) is 18.8. The van der Waals surface area contributed by atoms with E-state index in [4.69, 9.17) is 4.98 Å². The second-order valence-electron chi connectivity index (χ2n) is 11.6. The van der Waals surface area contributed by atoms with Gasteiger partial charge in [0.2, 0.25) is 5.82 Å². The van der Waals surface area contributed by atoms with Crippen LogP contribution in [0.1, 0.15) is 76.4 Å². The lowest BCUT2D eigenvalue weighted by molar-refractivity contribution is 0.582. The molecule has 5 aromatic rings. The predicted octanol–water partition coefficient (Wildman–Crippen LogP) is 6.30. The van der Waals surface area contributed by atoms with E-state index in [-0.39, 0.29) is 17.0 Å². The molecule has 5 rings (SSSR count). The molecule has 0 saturated carbocycles. The van der Waals surface area contributed by atoms with Crippen molar-refractivity contribution in [2.45, 2.75) is 72.3 Å². The maximum Gasteiger partial charge on any atom is 0.333 e. The highest BCUT2D eigenvalue weighted by Gasteiger charge is 2.25. The van der Waals surface area contributed by atoms with Crippen LogP contribution in [0.25, 0.3) is 28.2 Å². The third kappa shape index (κ3) is 5.26. The molecule has 2 aromatic carbocycles. The van der Waals surface area contributed by atoms with Crippen LogP contribution in [0.3, 0.4) is 0 Å². The number of tetrazole rings is 1. The molecule has 3 aromatic heterocycles. The minimum atomic E-state index is -0.109. The number of hydrogen-bond acceptors (Lipinski definition) is 5. The number of pyridine rings is 1. The zero-order valence-electron chi connectivity index (χ0n) is 24.1. The number of aromatic nitrogens is 7. The lowest BCUT2D eigenvalue weighted by Crippen LogP contribution is -2.28. The van der Waals surface area contributed by atoms with Gasteiger partial charge in [-0.15, -0.1) is 10.2 Å². The monoisotopic (exact) mass is 535 g/mol. The molecule has 206 valence electrons. The van der Waals surface area contributed by atoms with Gasteiger partial charge in [-0.2, -0.15) is 5.21 Å². The number of nitrogens with zero attached hydrogens (tertiary/aromatic N) is 6. The van der Waals surface area contributed by atoms with Crippen molar-refractivity contribution in [3.05, 3.63) is 100.0 Å². The Labute approximate surface area is 235 Å². The largest absolute Gasteiger partial charge is 0.333 e. The fourth-order valence-corrected chi connectivity index (χ4v) is 5.26. The number of aromatic amines is 1. The fraction of sp³-hybridized carbons (Fsp3) is 0.344. The van der Waals surface area contributed by atoms with E-state index in [1.165, 1.54) is 11.1 Å². The Hall–Kier alpha value is -4.33. The molecule has 0 fully saturated rings. The van der Waals surface area contributed by atoms with Gasteiger partial charge in [0.25, 0.3) is 0 Å². The number of H-pyrrole nitrogens is 1. The lowest BCUT2D eigenvalue weighted by Gasteiger charge is -2.26. The van der Waals surface area contributed by atoms with Crippen molar-refractivity contribution in [2.75, 3.05) is 0 Å². The van der Waals surface area contributed by atoms with E-state index < -0.39 is 0 Å². The number of nitrogens with one attached hydrogen (secondary N) is 1. The third-order valence-corrected chi connectivity index (χ3v) is 7.28. The Morgan fingerprint density at radius 2 is 1.75 bits per heavy atom. The zero-order valence-corrected chi connectivity index (χ0v) is 24.1. The second-order valence-corrected chi connectivity index (χ2v) is 11.6. The summed E-state index contributed by atoms with van der Waals surface area (Å²) in [7, 11) is 0. The molecule has 0 unspecified atom stereocenters. The molecule has 0 atom stereocenters. The Morgan fingerprint density at radius 3 is 2.38 bits per heavy atom. The van der Waals surface area contributed by atoms with E-state index in [0.29, 0.717) is 12.4 Å². The van der Waals surface area contributed by atoms with Gasteiger partial charge in [0.05, 0.1) is 17.9 Å². The van der Waals surface area contributed by atoms with Crippen molar-refractivity contribution in [2.24, 2.45) is 0 Å². The molecule has 0 aliphatic heterocycles. The summed E-state index contributed by atoms with van der Waals surface area (Å²) < 4.78 is 3.75. The average Bonchev–Trinajstić information content (AvgIpc) is 3.58. The lowest BCUT2D eigenvalue weighted by atomic mass is 9.83. The van der Waals surface area contributed by atoms with Gasteiger partial charge in [-0.3, -0.25) is 14.1 Å². The van der Waals surface area contributed by atoms with Crippen molar-refractivity contribution in [1.29, 1.82) is 0 Å². The van der Waals surface area contributed by atoms with E-state index in [1.807, 2.05) is 57.9 Å². The van der Waals surface area contributed by atoms with E-state index in [0.717, 1.165) is 46.6 Å². The first kappa shape index (κ1) is 27.2. The maximum atomic E-state index is 14.1. The van der Waals surface area contributed by atoms with E-state index in [9.17, 15) is 4.79 Å². The van der Waals surface area contributed by atoms with Crippen molar-refractivity contribution in [3.8, 4) is 28.2 Å². The summed E-state index contributed by atoms with van der Waals surface area (Å²) in [6, 6.07) is 18.3. The van der Waals surface area contributed by atoms with Crippen molar-refractivity contribution in [3.63, 3.8) is 0 Å². The van der Waals surface area contributed by atoms with Gasteiger partial charge in [-0.25, -0.2) is 4.79 Å². The molecule has 0 aliphatic carbocycles. The number of aryl methyl sites for hydroxylation is 1. The summed E-state index contributed by atoms with van der Waals surface area (Å²) in [6.07, 6.45) is 5.65. The Kier molecular flexibility index (Phi) is 7.52. The number of benzene rings is 2. The molecule has 0 radical (unpaired) electrons. The van der Waals surface area contributed by atoms with Crippen LogP contribution in [0.4, 0.5) is 0 Å². The van der Waals surface area contributed by atoms with Crippen LogP contribution in [0.5, 0.6) is 0 Å². The quantitative estimate of drug-likeness (QED) is 0.252. The van der Waals surface area contributed by atoms with Gasteiger partial charge in [0.1, 0.15) is 0 Å². The molecule has 1 N–H and O–H groups in total. The molecule has 0 saturated heterocycles. The van der Waals surface area contributed by atoms with Gasteiger partial charge in [-0.1, -0.05) is 96.5 Å². The van der Waals surface area contributed by atoms with Gasteiger partial charge >= 0.3 is 5.69 Å². The molecule has 0 aliphatic rings. The minimum absolute atomic E-state index is 0.0321. The minimum Gasteiger partial charge on any atom is -0.290 e. The number of hydrogen-bond donors (Lipinski definition) is 1. The Bertz CT molecular complexity index is 1650. The van der Waals surface area contributed by atoms with Gasteiger partial charge in [0, 0.05) is 29.2 Å². The average molecular weight is 536 g/mol. The van der Waals surface area contributed by atoms with Crippen LogP contribution >= 0.6 is 0 Å². The molecule has 8 heteroatoms. The number of imidazole rings is 1.